The Bertz CT molecular complexity index is 1460. The first kappa shape index (κ1) is 24.3. The molecule has 0 saturated carbocycles. The Hall–Kier alpha value is -3.40. The van der Waals surface area contributed by atoms with E-state index >= 15 is 0 Å². The molecule has 2 aromatic heterocycles. The molecular formula is C27H29N3O5S. The van der Waals surface area contributed by atoms with Crippen LogP contribution in [0.4, 0.5) is 0 Å². The van der Waals surface area contributed by atoms with Crippen LogP contribution >= 0.6 is 11.3 Å². The number of fused-ring (bicyclic) bond motifs is 3. The molecule has 0 spiro atoms. The first-order valence-electron chi connectivity index (χ1n) is 12.0. The van der Waals surface area contributed by atoms with Crippen LogP contribution in [0.3, 0.4) is 0 Å². The van der Waals surface area contributed by atoms with Gasteiger partial charge >= 0.3 is 0 Å². The summed E-state index contributed by atoms with van der Waals surface area (Å²) in [6, 6.07) is 15.3. The smallest absolute Gasteiger partial charge is 0.265 e. The number of amides is 1. The van der Waals surface area contributed by atoms with Crippen molar-refractivity contribution in [2.75, 3.05) is 46.6 Å². The average Bonchev–Trinajstić information content (AvgIpc) is 3.31. The number of methoxy groups -OCH3 is 1. The van der Waals surface area contributed by atoms with E-state index in [0.717, 1.165) is 34.3 Å². The van der Waals surface area contributed by atoms with Gasteiger partial charge in [0, 0.05) is 44.2 Å². The molecule has 1 saturated heterocycles. The lowest BCUT2D eigenvalue weighted by Crippen LogP contribution is -2.38. The molecule has 8 nitrogen and oxygen atoms in total. The maximum absolute atomic E-state index is 13.4. The van der Waals surface area contributed by atoms with Crippen molar-refractivity contribution in [3.8, 4) is 11.5 Å². The van der Waals surface area contributed by atoms with E-state index in [9.17, 15) is 9.59 Å². The van der Waals surface area contributed by atoms with Crippen molar-refractivity contribution in [2.45, 2.75) is 6.54 Å². The van der Waals surface area contributed by atoms with Gasteiger partial charge in [0.15, 0.2) is 5.75 Å². The van der Waals surface area contributed by atoms with Crippen LogP contribution < -0.4 is 20.3 Å². The fourth-order valence-corrected chi connectivity index (χ4v) is 5.72. The third-order valence-corrected chi connectivity index (χ3v) is 7.69. The van der Waals surface area contributed by atoms with Crippen molar-refractivity contribution in [2.24, 2.45) is 7.05 Å². The van der Waals surface area contributed by atoms with Crippen molar-refractivity contribution in [1.29, 1.82) is 0 Å². The fraction of sp³-hybridized carbons (Fsp3) is 0.333. The summed E-state index contributed by atoms with van der Waals surface area (Å²) < 4.78 is 19.4. The van der Waals surface area contributed by atoms with Crippen LogP contribution in [0.15, 0.2) is 53.3 Å². The number of para-hydroxylation sites is 2. The number of hydrogen-bond donors (Lipinski definition) is 1. The minimum atomic E-state index is -0.283. The first-order valence-corrected chi connectivity index (χ1v) is 12.8. The van der Waals surface area contributed by atoms with Crippen LogP contribution in [0.5, 0.6) is 11.5 Å². The van der Waals surface area contributed by atoms with Gasteiger partial charge in [0.2, 0.25) is 0 Å². The highest BCUT2D eigenvalue weighted by atomic mass is 32.1. The molecule has 188 valence electrons. The molecule has 0 unspecified atom stereocenters. The van der Waals surface area contributed by atoms with Crippen molar-refractivity contribution in [3.05, 3.63) is 69.3 Å². The molecule has 9 heteroatoms. The number of morpholine rings is 1. The fourth-order valence-electron chi connectivity index (χ4n) is 4.53. The number of rotatable bonds is 8. The summed E-state index contributed by atoms with van der Waals surface area (Å²) in [4.78, 5) is 29.5. The minimum absolute atomic E-state index is 0.176. The molecule has 0 radical (unpaired) electrons. The van der Waals surface area contributed by atoms with E-state index in [4.69, 9.17) is 14.2 Å². The Kier molecular flexibility index (Phi) is 7.22. The highest BCUT2D eigenvalue weighted by molar-refractivity contribution is 7.22. The lowest BCUT2D eigenvalue weighted by molar-refractivity contribution is 0.0323. The lowest BCUT2D eigenvalue weighted by Gasteiger charge is -2.26. The highest BCUT2D eigenvalue weighted by Gasteiger charge is 2.25. The van der Waals surface area contributed by atoms with Gasteiger partial charge in [-0.2, -0.15) is 0 Å². The molecule has 0 atom stereocenters. The number of nitrogens with one attached hydrogen (secondary N) is 1. The number of aryl methyl sites for hydroxylation is 1. The zero-order valence-corrected chi connectivity index (χ0v) is 21.2. The Morgan fingerprint density at radius 3 is 2.67 bits per heavy atom. The van der Waals surface area contributed by atoms with Crippen molar-refractivity contribution in [3.63, 3.8) is 0 Å². The van der Waals surface area contributed by atoms with Gasteiger partial charge in [0.1, 0.15) is 22.6 Å². The molecule has 0 bridgehead atoms. The molecule has 1 aliphatic rings. The van der Waals surface area contributed by atoms with Crippen molar-refractivity contribution < 1.29 is 19.0 Å². The number of ether oxygens (including phenoxy) is 3. The summed E-state index contributed by atoms with van der Waals surface area (Å²) in [5.74, 6) is 0.776. The van der Waals surface area contributed by atoms with Gasteiger partial charge in [-0.1, -0.05) is 36.4 Å². The van der Waals surface area contributed by atoms with Crippen molar-refractivity contribution in [1.82, 2.24) is 14.8 Å². The Labute approximate surface area is 213 Å². The average molecular weight is 508 g/mol. The van der Waals surface area contributed by atoms with Crippen LogP contribution in [0.1, 0.15) is 15.2 Å². The van der Waals surface area contributed by atoms with E-state index in [1.165, 1.54) is 11.3 Å². The van der Waals surface area contributed by atoms with E-state index in [0.29, 0.717) is 54.7 Å². The maximum Gasteiger partial charge on any atom is 0.265 e. The van der Waals surface area contributed by atoms with Gasteiger partial charge in [-0.25, -0.2) is 0 Å². The van der Waals surface area contributed by atoms with Crippen LogP contribution in [-0.4, -0.2) is 61.9 Å². The molecule has 4 aromatic rings. The Morgan fingerprint density at radius 1 is 1.11 bits per heavy atom. The second kappa shape index (κ2) is 10.7. The molecule has 2 aromatic carbocycles. The summed E-state index contributed by atoms with van der Waals surface area (Å²) in [7, 11) is 3.36. The predicted octanol–water partition coefficient (Wildman–Crippen LogP) is 3.40. The van der Waals surface area contributed by atoms with Crippen LogP contribution in [-0.2, 0) is 18.3 Å². The number of carbonyl (C=O) groups excluding carboxylic acids is 1. The Morgan fingerprint density at radius 2 is 1.86 bits per heavy atom. The molecule has 1 amide bonds. The lowest BCUT2D eigenvalue weighted by atomic mass is 10.1. The van der Waals surface area contributed by atoms with E-state index in [-0.39, 0.29) is 11.5 Å². The third-order valence-electron chi connectivity index (χ3n) is 6.49. The molecular weight excluding hydrogens is 478 g/mol. The molecule has 0 aliphatic carbocycles. The topological polar surface area (TPSA) is 82.0 Å². The minimum Gasteiger partial charge on any atom is -0.496 e. The van der Waals surface area contributed by atoms with Crippen LogP contribution in [0.2, 0.25) is 0 Å². The van der Waals surface area contributed by atoms with E-state index in [1.807, 2.05) is 48.5 Å². The second-order valence-corrected chi connectivity index (χ2v) is 9.66. The van der Waals surface area contributed by atoms with Gasteiger partial charge in [-0.15, -0.1) is 11.3 Å². The summed E-state index contributed by atoms with van der Waals surface area (Å²) in [5.41, 5.74) is 1.51. The summed E-state index contributed by atoms with van der Waals surface area (Å²) in [6.07, 6.45) is 0. The molecule has 1 N–H and O–H groups in total. The van der Waals surface area contributed by atoms with Crippen LogP contribution in [0, 0.1) is 0 Å². The number of carbonyl (C=O) groups is 1. The zero-order chi connectivity index (χ0) is 25.1. The van der Waals surface area contributed by atoms with E-state index < -0.39 is 0 Å². The number of hydrogen-bond acceptors (Lipinski definition) is 7. The molecule has 1 aliphatic heterocycles. The van der Waals surface area contributed by atoms with Gasteiger partial charge in [-0.05, 0) is 12.1 Å². The summed E-state index contributed by atoms with van der Waals surface area (Å²) >= 11 is 1.30. The molecule has 36 heavy (non-hydrogen) atoms. The largest absolute Gasteiger partial charge is 0.496 e. The van der Waals surface area contributed by atoms with E-state index in [2.05, 4.69) is 10.2 Å². The highest BCUT2D eigenvalue weighted by Crippen LogP contribution is 2.39. The zero-order valence-electron chi connectivity index (χ0n) is 20.4. The quantitative estimate of drug-likeness (QED) is 0.394. The number of pyridine rings is 1. The monoisotopic (exact) mass is 507 g/mol. The molecule has 3 heterocycles. The van der Waals surface area contributed by atoms with Crippen molar-refractivity contribution >= 4 is 38.2 Å². The van der Waals surface area contributed by atoms with Gasteiger partial charge < -0.3 is 24.1 Å². The van der Waals surface area contributed by atoms with Gasteiger partial charge in [-0.3, -0.25) is 14.5 Å². The maximum atomic E-state index is 13.4. The first-order chi connectivity index (χ1) is 17.6. The number of aromatic nitrogens is 1. The second-order valence-electron chi connectivity index (χ2n) is 8.64. The summed E-state index contributed by atoms with van der Waals surface area (Å²) in [5, 5.41) is 4.36. The van der Waals surface area contributed by atoms with E-state index in [1.54, 1.807) is 18.7 Å². The van der Waals surface area contributed by atoms with Gasteiger partial charge in [0.25, 0.3) is 11.5 Å². The Balaban J connectivity index is 1.51. The number of nitrogens with zero attached hydrogens (tertiary/aromatic N) is 2. The predicted molar refractivity (Wildman–Crippen MR) is 141 cm³/mol. The normalized spacial score (nSPS) is 14.3. The number of thiophene rings is 1. The SMILES string of the molecule is COc1ccccc1CNC(=O)c1sc2c(c1OCCN1CCOCC1)c(=O)n(C)c1ccccc21. The standard InChI is InChI=1S/C27H29N3O5S/c1-29-20-9-5-4-8-19(20)24-22(27(29)32)23(35-16-13-30-11-14-34-15-12-30)25(36-24)26(31)28-17-18-7-3-6-10-21(18)33-2/h3-10H,11-17H2,1-2H3,(H,28,31). The molecule has 1 fully saturated rings. The van der Waals surface area contributed by atoms with Gasteiger partial charge in [0.05, 0.1) is 30.5 Å². The number of benzene rings is 2. The molecule has 5 rings (SSSR count). The van der Waals surface area contributed by atoms with Crippen LogP contribution in [0.25, 0.3) is 21.0 Å². The third kappa shape index (κ3) is 4.69. The summed E-state index contributed by atoms with van der Waals surface area (Å²) in [6.45, 7) is 4.43.